The summed E-state index contributed by atoms with van der Waals surface area (Å²) in [5, 5.41) is 4.07. The SMILES string of the molecule is CCOc1ccc(-c2nc([C@@H]3CCOC3)no2)cc1OCC. The molecular weight excluding hydrogens is 284 g/mol. The molecule has 0 amide bonds. The predicted molar refractivity (Wildman–Crippen MR) is 80.2 cm³/mol. The van der Waals surface area contributed by atoms with E-state index < -0.39 is 0 Å². The molecule has 1 aliphatic rings. The van der Waals surface area contributed by atoms with Gasteiger partial charge in [0.05, 0.1) is 19.8 Å². The molecule has 1 fully saturated rings. The standard InChI is InChI=1S/C16H20N2O4/c1-3-20-13-6-5-11(9-14(13)21-4-2)16-17-15(18-22-16)12-7-8-19-10-12/h5-6,9,12H,3-4,7-8,10H2,1-2H3/t12-/m1/s1. The fourth-order valence-corrected chi connectivity index (χ4v) is 2.44. The summed E-state index contributed by atoms with van der Waals surface area (Å²) in [6.45, 7) is 6.45. The van der Waals surface area contributed by atoms with E-state index >= 15 is 0 Å². The van der Waals surface area contributed by atoms with E-state index in [4.69, 9.17) is 18.7 Å². The van der Waals surface area contributed by atoms with Gasteiger partial charge >= 0.3 is 0 Å². The number of nitrogens with zero attached hydrogens (tertiary/aromatic N) is 2. The Bertz CT molecular complexity index is 620. The molecule has 2 heterocycles. The minimum absolute atomic E-state index is 0.228. The molecule has 1 aliphatic heterocycles. The van der Waals surface area contributed by atoms with E-state index in [1.165, 1.54) is 0 Å². The number of ether oxygens (including phenoxy) is 3. The smallest absolute Gasteiger partial charge is 0.258 e. The molecule has 2 aromatic rings. The summed E-state index contributed by atoms with van der Waals surface area (Å²) in [6.07, 6.45) is 0.937. The maximum atomic E-state index is 5.62. The Balaban J connectivity index is 1.85. The summed E-state index contributed by atoms with van der Waals surface area (Å²) in [5.74, 6) is 2.83. The zero-order chi connectivity index (χ0) is 15.4. The lowest BCUT2D eigenvalue weighted by Crippen LogP contribution is -2.00. The van der Waals surface area contributed by atoms with Crippen LogP contribution in [-0.2, 0) is 4.74 Å². The number of aromatic nitrogens is 2. The van der Waals surface area contributed by atoms with Gasteiger partial charge in [-0.1, -0.05) is 5.16 Å². The number of rotatable bonds is 6. The van der Waals surface area contributed by atoms with Gasteiger partial charge in [-0.15, -0.1) is 0 Å². The zero-order valence-electron chi connectivity index (χ0n) is 12.9. The monoisotopic (exact) mass is 304 g/mol. The Kier molecular flexibility index (Phi) is 4.58. The average molecular weight is 304 g/mol. The molecule has 0 radical (unpaired) electrons. The Hall–Kier alpha value is -2.08. The number of benzene rings is 1. The van der Waals surface area contributed by atoms with Crippen LogP contribution in [0.2, 0.25) is 0 Å². The third kappa shape index (κ3) is 3.06. The molecule has 1 aromatic carbocycles. The van der Waals surface area contributed by atoms with Crippen LogP contribution in [0.25, 0.3) is 11.5 Å². The third-order valence-corrected chi connectivity index (χ3v) is 3.53. The van der Waals surface area contributed by atoms with Crippen LogP contribution in [0.1, 0.15) is 32.0 Å². The van der Waals surface area contributed by atoms with Gasteiger partial charge in [0, 0.05) is 18.1 Å². The molecule has 1 aromatic heterocycles. The van der Waals surface area contributed by atoms with E-state index in [-0.39, 0.29) is 5.92 Å². The second kappa shape index (κ2) is 6.79. The minimum Gasteiger partial charge on any atom is -0.490 e. The van der Waals surface area contributed by atoms with Gasteiger partial charge in [-0.2, -0.15) is 4.98 Å². The second-order valence-corrected chi connectivity index (χ2v) is 5.05. The van der Waals surface area contributed by atoms with Crippen molar-refractivity contribution in [1.82, 2.24) is 10.1 Å². The van der Waals surface area contributed by atoms with Crippen molar-refractivity contribution in [3.8, 4) is 23.0 Å². The van der Waals surface area contributed by atoms with Crippen molar-refractivity contribution < 1.29 is 18.7 Å². The molecule has 0 bridgehead atoms. The van der Waals surface area contributed by atoms with E-state index in [2.05, 4.69) is 10.1 Å². The van der Waals surface area contributed by atoms with Gasteiger partial charge in [-0.25, -0.2) is 0 Å². The van der Waals surface area contributed by atoms with Crippen molar-refractivity contribution in [2.45, 2.75) is 26.2 Å². The van der Waals surface area contributed by atoms with Crippen LogP contribution in [0, 0.1) is 0 Å². The summed E-state index contributed by atoms with van der Waals surface area (Å²) in [4.78, 5) is 4.49. The zero-order valence-corrected chi connectivity index (χ0v) is 12.9. The van der Waals surface area contributed by atoms with Gasteiger partial charge < -0.3 is 18.7 Å². The molecule has 0 saturated carbocycles. The predicted octanol–water partition coefficient (Wildman–Crippen LogP) is 3.04. The highest BCUT2D eigenvalue weighted by molar-refractivity contribution is 5.59. The topological polar surface area (TPSA) is 66.6 Å². The van der Waals surface area contributed by atoms with Crippen molar-refractivity contribution >= 4 is 0 Å². The summed E-state index contributed by atoms with van der Waals surface area (Å²) in [7, 11) is 0. The van der Waals surface area contributed by atoms with Crippen LogP contribution < -0.4 is 9.47 Å². The van der Waals surface area contributed by atoms with Crippen LogP contribution in [0.4, 0.5) is 0 Å². The Morgan fingerprint density at radius 2 is 2.00 bits per heavy atom. The molecule has 1 atom stereocenters. The first-order valence-electron chi connectivity index (χ1n) is 7.63. The van der Waals surface area contributed by atoms with Gasteiger partial charge in [0.15, 0.2) is 17.3 Å². The van der Waals surface area contributed by atoms with Crippen molar-refractivity contribution in [3.05, 3.63) is 24.0 Å². The maximum Gasteiger partial charge on any atom is 0.258 e. The van der Waals surface area contributed by atoms with Crippen molar-refractivity contribution in [1.29, 1.82) is 0 Å². The molecule has 118 valence electrons. The van der Waals surface area contributed by atoms with Gasteiger partial charge in [-0.05, 0) is 38.5 Å². The van der Waals surface area contributed by atoms with Gasteiger partial charge in [0.1, 0.15) is 0 Å². The first-order valence-corrected chi connectivity index (χ1v) is 7.63. The van der Waals surface area contributed by atoms with Crippen LogP contribution in [0.15, 0.2) is 22.7 Å². The highest BCUT2D eigenvalue weighted by Gasteiger charge is 2.23. The third-order valence-electron chi connectivity index (χ3n) is 3.53. The van der Waals surface area contributed by atoms with Crippen molar-refractivity contribution in [2.75, 3.05) is 26.4 Å². The van der Waals surface area contributed by atoms with E-state index in [0.717, 1.165) is 24.3 Å². The molecule has 22 heavy (non-hydrogen) atoms. The lowest BCUT2D eigenvalue weighted by atomic mass is 10.1. The van der Waals surface area contributed by atoms with Gasteiger partial charge in [0.25, 0.3) is 5.89 Å². The number of hydrogen-bond donors (Lipinski definition) is 0. The van der Waals surface area contributed by atoms with E-state index in [9.17, 15) is 0 Å². The molecule has 0 spiro atoms. The summed E-state index contributed by atoms with van der Waals surface area (Å²) in [6, 6.07) is 5.64. The molecular formula is C16H20N2O4. The second-order valence-electron chi connectivity index (χ2n) is 5.05. The Morgan fingerprint density at radius 3 is 2.73 bits per heavy atom. The van der Waals surface area contributed by atoms with Gasteiger partial charge in [0.2, 0.25) is 0 Å². The fraction of sp³-hybridized carbons (Fsp3) is 0.500. The van der Waals surface area contributed by atoms with E-state index in [0.29, 0.717) is 37.3 Å². The largest absolute Gasteiger partial charge is 0.490 e. The van der Waals surface area contributed by atoms with Crippen molar-refractivity contribution in [2.24, 2.45) is 0 Å². The summed E-state index contributed by atoms with van der Waals surface area (Å²) < 4.78 is 21.9. The van der Waals surface area contributed by atoms with E-state index in [1.807, 2.05) is 32.0 Å². The van der Waals surface area contributed by atoms with Crippen LogP contribution in [0.5, 0.6) is 11.5 Å². The molecule has 3 rings (SSSR count). The van der Waals surface area contributed by atoms with Crippen LogP contribution in [-0.4, -0.2) is 36.6 Å². The molecule has 6 heteroatoms. The van der Waals surface area contributed by atoms with E-state index in [1.54, 1.807) is 0 Å². The van der Waals surface area contributed by atoms with Gasteiger partial charge in [-0.3, -0.25) is 0 Å². The maximum absolute atomic E-state index is 5.62. The summed E-state index contributed by atoms with van der Waals surface area (Å²) >= 11 is 0. The van der Waals surface area contributed by atoms with Crippen molar-refractivity contribution in [3.63, 3.8) is 0 Å². The molecule has 1 saturated heterocycles. The first kappa shape index (κ1) is 14.8. The lowest BCUT2D eigenvalue weighted by molar-refractivity contribution is 0.192. The average Bonchev–Trinajstić information content (AvgIpc) is 3.20. The minimum atomic E-state index is 0.228. The highest BCUT2D eigenvalue weighted by atomic mass is 16.5. The molecule has 6 nitrogen and oxygen atoms in total. The summed E-state index contributed by atoms with van der Waals surface area (Å²) in [5.41, 5.74) is 0.824. The lowest BCUT2D eigenvalue weighted by Gasteiger charge is -2.11. The first-order chi connectivity index (χ1) is 10.8. The van der Waals surface area contributed by atoms with Crippen LogP contribution >= 0.6 is 0 Å². The fourth-order valence-electron chi connectivity index (χ4n) is 2.44. The number of hydrogen-bond acceptors (Lipinski definition) is 6. The molecule has 0 aliphatic carbocycles. The molecule has 0 N–H and O–H groups in total. The Morgan fingerprint density at radius 1 is 1.18 bits per heavy atom. The Labute approximate surface area is 129 Å². The highest BCUT2D eigenvalue weighted by Crippen LogP contribution is 2.33. The molecule has 0 unspecified atom stereocenters. The normalized spacial score (nSPS) is 17.6. The quantitative estimate of drug-likeness (QED) is 0.817. The van der Waals surface area contributed by atoms with Crippen LogP contribution in [0.3, 0.4) is 0 Å².